The summed E-state index contributed by atoms with van der Waals surface area (Å²) in [4.78, 5) is 11.4. The molecule has 0 saturated heterocycles. The molecule has 0 aliphatic rings. The first-order valence-corrected chi connectivity index (χ1v) is 4.34. The van der Waals surface area contributed by atoms with Crippen molar-refractivity contribution in [1.29, 1.82) is 5.26 Å². The second-order valence-electron chi connectivity index (χ2n) is 3.15. The van der Waals surface area contributed by atoms with Crippen LogP contribution in [0.2, 0.25) is 0 Å². The van der Waals surface area contributed by atoms with E-state index in [-0.39, 0.29) is 6.10 Å². The number of benzene rings is 1. The minimum Gasteiger partial charge on any atom is -0.459 e. The fourth-order valence-corrected chi connectivity index (χ4v) is 0.998. The molecule has 0 saturated carbocycles. The molecule has 0 aliphatic heterocycles. The minimum atomic E-state index is -0.392. The molecule has 0 N–H and O–H groups in total. The smallest absolute Gasteiger partial charge is 0.338 e. The van der Waals surface area contributed by atoms with Crippen molar-refractivity contribution in [1.82, 2.24) is 0 Å². The Morgan fingerprint density at radius 2 is 2.21 bits per heavy atom. The van der Waals surface area contributed by atoms with Gasteiger partial charge in [-0.15, -0.1) is 0 Å². The predicted octanol–water partition coefficient (Wildman–Crippen LogP) is 2.12. The number of carbonyl (C=O) groups excluding carboxylic acids is 1. The van der Waals surface area contributed by atoms with Gasteiger partial charge in [0.1, 0.15) is 0 Å². The molecule has 0 spiro atoms. The van der Waals surface area contributed by atoms with Gasteiger partial charge in [0, 0.05) is 0 Å². The van der Waals surface area contributed by atoms with Gasteiger partial charge in [-0.25, -0.2) is 4.79 Å². The van der Waals surface area contributed by atoms with Crippen molar-refractivity contribution in [3.05, 3.63) is 35.4 Å². The van der Waals surface area contributed by atoms with Gasteiger partial charge in [-0.05, 0) is 32.0 Å². The Morgan fingerprint density at radius 3 is 2.79 bits per heavy atom. The van der Waals surface area contributed by atoms with Crippen molar-refractivity contribution in [3.63, 3.8) is 0 Å². The second-order valence-corrected chi connectivity index (χ2v) is 3.15. The molecule has 0 unspecified atom stereocenters. The molecule has 1 aromatic rings. The normalized spacial score (nSPS) is 9.57. The summed E-state index contributed by atoms with van der Waals surface area (Å²) in [5, 5.41) is 8.62. The Bertz CT molecular complexity index is 377. The van der Waals surface area contributed by atoms with Crippen molar-refractivity contribution >= 4 is 5.97 Å². The highest BCUT2D eigenvalue weighted by Crippen LogP contribution is 2.06. The van der Waals surface area contributed by atoms with Gasteiger partial charge in [0.2, 0.25) is 0 Å². The number of nitrogens with zero attached hydrogens (tertiary/aromatic N) is 1. The minimum absolute atomic E-state index is 0.145. The third-order valence-corrected chi connectivity index (χ3v) is 1.57. The molecule has 0 heterocycles. The lowest BCUT2D eigenvalue weighted by Gasteiger charge is -2.07. The fourth-order valence-electron chi connectivity index (χ4n) is 0.998. The number of ether oxygens (including phenoxy) is 1. The van der Waals surface area contributed by atoms with Crippen LogP contribution in [-0.2, 0) is 4.74 Å². The monoisotopic (exact) mass is 189 g/mol. The van der Waals surface area contributed by atoms with Crippen LogP contribution < -0.4 is 0 Å². The Kier molecular flexibility index (Phi) is 3.24. The molecule has 1 aromatic carbocycles. The molecular weight excluding hydrogens is 178 g/mol. The van der Waals surface area contributed by atoms with Gasteiger partial charge in [0.25, 0.3) is 0 Å². The first-order valence-electron chi connectivity index (χ1n) is 4.34. The van der Waals surface area contributed by atoms with Crippen LogP contribution in [0.3, 0.4) is 0 Å². The molecule has 3 nitrogen and oxygen atoms in total. The van der Waals surface area contributed by atoms with Crippen LogP contribution in [0.25, 0.3) is 0 Å². The van der Waals surface area contributed by atoms with Crippen LogP contribution >= 0.6 is 0 Å². The average Bonchev–Trinajstić information content (AvgIpc) is 2.17. The number of hydrogen-bond donors (Lipinski definition) is 0. The lowest BCUT2D eigenvalue weighted by Crippen LogP contribution is -2.11. The molecule has 0 amide bonds. The highest BCUT2D eigenvalue weighted by Gasteiger charge is 2.08. The van der Waals surface area contributed by atoms with Crippen LogP contribution in [0.15, 0.2) is 24.3 Å². The van der Waals surface area contributed by atoms with Gasteiger partial charge in [-0.3, -0.25) is 0 Å². The number of esters is 1. The van der Waals surface area contributed by atoms with E-state index in [1.807, 2.05) is 6.07 Å². The third-order valence-electron chi connectivity index (χ3n) is 1.57. The molecule has 0 fully saturated rings. The first kappa shape index (κ1) is 10.3. The molecule has 0 bridgehead atoms. The van der Waals surface area contributed by atoms with E-state index in [1.165, 1.54) is 6.07 Å². The quantitative estimate of drug-likeness (QED) is 0.669. The molecule has 3 heteroatoms. The van der Waals surface area contributed by atoms with Crippen molar-refractivity contribution < 1.29 is 9.53 Å². The summed E-state index contributed by atoms with van der Waals surface area (Å²) in [6, 6.07) is 8.42. The highest BCUT2D eigenvalue weighted by atomic mass is 16.5. The summed E-state index contributed by atoms with van der Waals surface area (Å²) in [6.45, 7) is 3.57. The fraction of sp³-hybridized carbons (Fsp3) is 0.273. The van der Waals surface area contributed by atoms with Gasteiger partial charge in [0.05, 0.1) is 23.3 Å². The zero-order valence-electron chi connectivity index (χ0n) is 8.15. The Hall–Kier alpha value is -1.82. The molecule has 0 aromatic heterocycles. The van der Waals surface area contributed by atoms with Crippen LogP contribution in [0.1, 0.15) is 29.8 Å². The summed E-state index contributed by atoms with van der Waals surface area (Å²) in [5.74, 6) is -0.392. The molecular formula is C11H11NO2. The number of nitriles is 1. The largest absolute Gasteiger partial charge is 0.459 e. The zero-order valence-corrected chi connectivity index (χ0v) is 8.15. The maximum Gasteiger partial charge on any atom is 0.338 e. The van der Waals surface area contributed by atoms with E-state index in [9.17, 15) is 4.79 Å². The summed E-state index contributed by atoms with van der Waals surface area (Å²) in [7, 11) is 0. The standard InChI is InChI=1S/C11H11NO2/c1-8(2)14-11(13)10-5-3-4-9(6-10)7-12/h3-6,8H,1-2H3. The van der Waals surface area contributed by atoms with E-state index in [1.54, 1.807) is 32.0 Å². The van der Waals surface area contributed by atoms with Crippen molar-refractivity contribution in [2.24, 2.45) is 0 Å². The molecule has 0 atom stereocenters. The summed E-state index contributed by atoms with van der Waals surface area (Å²) in [6.07, 6.45) is -0.145. The zero-order chi connectivity index (χ0) is 10.6. The summed E-state index contributed by atoms with van der Waals surface area (Å²) >= 11 is 0. The van der Waals surface area contributed by atoms with Gasteiger partial charge in [-0.2, -0.15) is 5.26 Å². The van der Waals surface area contributed by atoms with E-state index in [4.69, 9.17) is 10.00 Å². The van der Waals surface area contributed by atoms with Crippen LogP contribution in [-0.4, -0.2) is 12.1 Å². The van der Waals surface area contributed by atoms with E-state index in [0.717, 1.165) is 0 Å². The van der Waals surface area contributed by atoms with Crippen LogP contribution in [0.4, 0.5) is 0 Å². The van der Waals surface area contributed by atoms with Crippen molar-refractivity contribution in [3.8, 4) is 6.07 Å². The van der Waals surface area contributed by atoms with Crippen LogP contribution in [0, 0.1) is 11.3 Å². The molecule has 1 rings (SSSR count). The van der Waals surface area contributed by atoms with E-state index < -0.39 is 5.97 Å². The van der Waals surface area contributed by atoms with E-state index >= 15 is 0 Å². The lowest BCUT2D eigenvalue weighted by molar-refractivity contribution is 0.0378. The average molecular weight is 189 g/mol. The lowest BCUT2D eigenvalue weighted by atomic mass is 10.1. The molecule has 0 radical (unpaired) electrons. The third kappa shape index (κ3) is 2.60. The molecule has 0 aliphatic carbocycles. The Morgan fingerprint density at radius 1 is 1.50 bits per heavy atom. The van der Waals surface area contributed by atoms with E-state index in [0.29, 0.717) is 11.1 Å². The van der Waals surface area contributed by atoms with Crippen LogP contribution in [0.5, 0.6) is 0 Å². The highest BCUT2D eigenvalue weighted by molar-refractivity contribution is 5.89. The predicted molar refractivity (Wildman–Crippen MR) is 51.7 cm³/mol. The summed E-state index contributed by atoms with van der Waals surface area (Å²) < 4.78 is 4.99. The Labute approximate surface area is 82.9 Å². The number of carbonyl (C=O) groups is 1. The Balaban J connectivity index is 2.86. The van der Waals surface area contributed by atoms with Gasteiger partial charge < -0.3 is 4.74 Å². The number of hydrogen-bond acceptors (Lipinski definition) is 3. The topological polar surface area (TPSA) is 50.1 Å². The van der Waals surface area contributed by atoms with Crippen molar-refractivity contribution in [2.45, 2.75) is 20.0 Å². The van der Waals surface area contributed by atoms with Crippen molar-refractivity contribution in [2.75, 3.05) is 0 Å². The SMILES string of the molecule is CC(C)OC(=O)c1cccc(C#N)c1. The molecule has 72 valence electrons. The molecule has 14 heavy (non-hydrogen) atoms. The van der Waals surface area contributed by atoms with Gasteiger partial charge >= 0.3 is 5.97 Å². The van der Waals surface area contributed by atoms with Gasteiger partial charge in [0.15, 0.2) is 0 Å². The second kappa shape index (κ2) is 4.43. The van der Waals surface area contributed by atoms with E-state index in [2.05, 4.69) is 0 Å². The summed E-state index contributed by atoms with van der Waals surface area (Å²) in [5.41, 5.74) is 0.876. The number of rotatable bonds is 2. The van der Waals surface area contributed by atoms with Gasteiger partial charge in [-0.1, -0.05) is 6.07 Å². The maximum atomic E-state index is 11.4. The maximum absolute atomic E-state index is 11.4. The first-order chi connectivity index (χ1) is 6.63.